The first-order chi connectivity index (χ1) is 21.0. The second kappa shape index (κ2) is 11.8. The molecular weight excluding hydrogens is 556 g/mol. The van der Waals surface area contributed by atoms with Crippen LogP contribution in [-0.2, 0) is 23.8 Å². The molecule has 11 atom stereocenters. The lowest BCUT2D eigenvalue weighted by atomic mass is 9.43. The minimum absolute atomic E-state index is 0.0506. The summed E-state index contributed by atoms with van der Waals surface area (Å²) in [5.74, 6) is 4.41. The molecule has 8 fully saturated rings. The van der Waals surface area contributed by atoms with Gasteiger partial charge in [-0.05, 0) is 153 Å². The Bertz CT molecular complexity index is 1060. The van der Waals surface area contributed by atoms with Crippen LogP contribution in [0.15, 0.2) is 0 Å². The average molecular weight is 615 g/mol. The molecule has 4 bridgehead atoms. The van der Waals surface area contributed by atoms with Crippen LogP contribution in [0.1, 0.15) is 118 Å². The summed E-state index contributed by atoms with van der Waals surface area (Å²) in [6, 6.07) is 0. The maximum atomic E-state index is 12.8. The molecule has 248 valence electrons. The number of rotatable bonds is 8. The Hall–Kier alpha value is -1.18. The molecule has 8 aliphatic rings. The largest absolute Gasteiger partial charge is 0.463 e. The zero-order chi connectivity index (χ0) is 31.0. The Morgan fingerprint density at radius 1 is 0.886 bits per heavy atom. The molecular formula is C37H58O7. The van der Waals surface area contributed by atoms with Crippen molar-refractivity contribution in [3.05, 3.63) is 0 Å². The Morgan fingerprint density at radius 3 is 2.27 bits per heavy atom. The van der Waals surface area contributed by atoms with Gasteiger partial charge in [-0.15, -0.1) is 0 Å². The van der Waals surface area contributed by atoms with Crippen LogP contribution < -0.4 is 0 Å². The molecule has 0 aliphatic heterocycles. The molecule has 7 nitrogen and oxygen atoms in total. The van der Waals surface area contributed by atoms with E-state index in [4.69, 9.17) is 14.2 Å². The fourth-order valence-corrected chi connectivity index (χ4v) is 13.4. The van der Waals surface area contributed by atoms with Gasteiger partial charge in [0.25, 0.3) is 0 Å². The van der Waals surface area contributed by atoms with Gasteiger partial charge in [-0.2, -0.15) is 0 Å². The van der Waals surface area contributed by atoms with E-state index >= 15 is 0 Å². The summed E-state index contributed by atoms with van der Waals surface area (Å²) in [5.41, 5.74) is -0.207. The zero-order valence-electron chi connectivity index (χ0n) is 27.6. The number of carbonyl (C=O) groups is 2. The van der Waals surface area contributed by atoms with E-state index in [1.165, 1.54) is 39.0 Å². The minimum Gasteiger partial charge on any atom is -0.463 e. The van der Waals surface area contributed by atoms with Crippen molar-refractivity contribution in [2.24, 2.45) is 70.0 Å². The van der Waals surface area contributed by atoms with Gasteiger partial charge >= 0.3 is 11.9 Å². The molecule has 8 saturated carbocycles. The fourth-order valence-electron chi connectivity index (χ4n) is 13.4. The fraction of sp³-hybridized carbons (Fsp3) is 0.946. The van der Waals surface area contributed by atoms with Gasteiger partial charge in [0, 0.05) is 13.3 Å². The summed E-state index contributed by atoms with van der Waals surface area (Å²) in [6.45, 7) is 8.48. The monoisotopic (exact) mass is 614 g/mol. The summed E-state index contributed by atoms with van der Waals surface area (Å²) in [7, 11) is 0. The summed E-state index contributed by atoms with van der Waals surface area (Å²) in [5, 5.41) is 23.6. The maximum absolute atomic E-state index is 12.8. The van der Waals surface area contributed by atoms with Crippen molar-refractivity contribution >= 4 is 11.9 Å². The lowest BCUT2D eigenvalue weighted by Crippen LogP contribution is -2.62. The summed E-state index contributed by atoms with van der Waals surface area (Å²) in [6.07, 6.45) is 13.4. The van der Waals surface area contributed by atoms with Crippen LogP contribution in [0.4, 0.5) is 0 Å². The lowest BCUT2D eigenvalue weighted by molar-refractivity contribution is -0.209. The molecule has 8 rings (SSSR count). The molecule has 2 N–H and O–H groups in total. The molecule has 7 heteroatoms. The predicted molar refractivity (Wildman–Crippen MR) is 165 cm³/mol. The van der Waals surface area contributed by atoms with E-state index in [1.807, 2.05) is 0 Å². The number of carbonyl (C=O) groups excluding carboxylic acids is 2. The first-order valence-corrected chi connectivity index (χ1v) is 18.3. The van der Waals surface area contributed by atoms with E-state index in [-0.39, 0.29) is 71.5 Å². The molecule has 8 aliphatic carbocycles. The van der Waals surface area contributed by atoms with Gasteiger partial charge < -0.3 is 24.4 Å². The highest BCUT2D eigenvalue weighted by Crippen LogP contribution is 2.68. The quantitative estimate of drug-likeness (QED) is 0.245. The van der Waals surface area contributed by atoms with E-state index < -0.39 is 6.10 Å². The second-order valence-corrected chi connectivity index (χ2v) is 17.3. The van der Waals surface area contributed by atoms with Gasteiger partial charge in [0.05, 0.1) is 18.3 Å². The molecule has 0 aromatic rings. The third kappa shape index (κ3) is 5.27. The van der Waals surface area contributed by atoms with Gasteiger partial charge in [-0.1, -0.05) is 20.8 Å². The number of hydrogen-bond donors (Lipinski definition) is 2. The van der Waals surface area contributed by atoms with Crippen LogP contribution in [0.3, 0.4) is 0 Å². The number of aliphatic hydroxyl groups is 2. The number of esters is 2. The summed E-state index contributed by atoms with van der Waals surface area (Å²) >= 11 is 0. The van der Waals surface area contributed by atoms with Crippen LogP contribution in [0.2, 0.25) is 0 Å². The summed E-state index contributed by atoms with van der Waals surface area (Å²) in [4.78, 5) is 24.4. The Labute approximate surface area is 264 Å². The lowest BCUT2D eigenvalue weighted by Gasteiger charge is -2.63. The van der Waals surface area contributed by atoms with Crippen molar-refractivity contribution in [2.45, 2.75) is 142 Å². The zero-order valence-corrected chi connectivity index (χ0v) is 27.6. The van der Waals surface area contributed by atoms with Crippen molar-refractivity contribution < 1.29 is 34.0 Å². The number of hydrogen-bond acceptors (Lipinski definition) is 7. The third-order valence-electron chi connectivity index (χ3n) is 15.3. The van der Waals surface area contributed by atoms with E-state index in [1.54, 1.807) is 0 Å². The first kappa shape index (κ1) is 31.4. The number of ether oxygens (including phenoxy) is 3. The van der Waals surface area contributed by atoms with Crippen molar-refractivity contribution in [1.82, 2.24) is 0 Å². The second-order valence-electron chi connectivity index (χ2n) is 17.3. The van der Waals surface area contributed by atoms with Crippen LogP contribution in [-0.4, -0.2) is 53.4 Å². The van der Waals surface area contributed by atoms with Crippen molar-refractivity contribution in [2.75, 3.05) is 6.79 Å². The molecule has 44 heavy (non-hydrogen) atoms. The Morgan fingerprint density at radius 2 is 1.59 bits per heavy atom. The third-order valence-corrected chi connectivity index (χ3v) is 15.3. The molecule has 0 heterocycles. The van der Waals surface area contributed by atoms with Crippen LogP contribution in [0.25, 0.3) is 0 Å². The van der Waals surface area contributed by atoms with E-state index in [2.05, 4.69) is 20.8 Å². The van der Waals surface area contributed by atoms with Gasteiger partial charge in [0.2, 0.25) is 0 Å². The smallest absolute Gasteiger partial charge is 0.307 e. The van der Waals surface area contributed by atoms with Crippen LogP contribution >= 0.6 is 0 Å². The van der Waals surface area contributed by atoms with Crippen molar-refractivity contribution in [3.63, 3.8) is 0 Å². The Kier molecular flexibility index (Phi) is 8.43. The van der Waals surface area contributed by atoms with Gasteiger partial charge in [0.15, 0.2) is 6.79 Å². The molecule has 0 radical (unpaired) electrons. The van der Waals surface area contributed by atoms with Crippen molar-refractivity contribution in [1.29, 1.82) is 0 Å². The van der Waals surface area contributed by atoms with Gasteiger partial charge in [-0.3, -0.25) is 9.59 Å². The molecule has 0 saturated heterocycles. The topological polar surface area (TPSA) is 102 Å². The number of fused-ring (bicyclic) bond motifs is 5. The highest BCUT2D eigenvalue weighted by atomic mass is 16.7. The van der Waals surface area contributed by atoms with Crippen molar-refractivity contribution in [3.8, 4) is 0 Å². The standard InChI is InChI=1S/C37H58O7/c1-20(5-8-33(41)42-19-43-35-24-12-22-11-23(14-24)15-25(35)13-22)28-6-7-29-34-30(18-32(40)37(28,29)4)36(3)10-9-27(44-21(2)38)16-26(36)17-31(34)39/h20,22-32,34-35,39-40H,5-19H2,1-4H3/t20?,22?,23?,24?,25?,26?,27-,28?,29?,30?,31?,32+,34?,35?,36+,37-/m1/s1. The molecule has 7 unspecified atom stereocenters. The number of aliphatic hydroxyl groups excluding tert-OH is 2. The molecule has 0 aromatic carbocycles. The Balaban J connectivity index is 0.935. The molecule has 0 amide bonds. The van der Waals surface area contributed by atoms with E-state index in [9.17, 15) is 19.8 Å². The maximum Gasteiger partial charge on any atom is 0.307 e. The normalized spacial score (nSPS) is 51.2. The first-order valence-electron chi connectivity index (χ1n) is 18.3. The SMILES string of the molecule is CC(=O)O[C@@H]1CC[C@@]2(C)C(CC(O)C3C2C[C@H](O)[C@]2(C)C(C(C)CCC(=O)OCOC4C5CC6CC(C5)CC4C6)CCC32)C1. The van der Waals surface area contributed by atoms with Gasteiger partial charge in [0.1, 0.15) is 6.10 Å². The molecule has 0 spiro atoms. The highest BCUT2D eigenvalue weighted by molar-refractivity contribution is 5.69. The van der Waals surface area contributed by atoms with Crippen LogP contribution in [0.5, 0.6) is 0 Å². The van der Waals surface area contributed by atoms with E-state index in [0.717, 1.165) is 63.2 Å². The predicted octanol–water partition coefficient (Wildman–Crippen LogP) is 6.28. The van der Waals surface area contributed by atoms with Gasteiger partial charge in [-0.25, -0.2) is 0 Å². The molecule has 0 aromatic heterocycles. The summed E-state index contributed by atoms with van der Waals surface area (Å²) < 4.78 is 17.4. The minimum atomic E-state index is -0.418. The van der Waals surface area contributed by atoms with Crippen LogP contribution in [0, 0.1) is 70.0 Å². The van der Waals surface area contributed by atoms with E-state index in [0.29, 0.717) is 30.1 Å². The highest BCUT2D eigenvalue weighted by Gasteiger charge is 2.66. The average Bonchev–Trinajstić information content (AvgIpc) is 3.32.